The molecule has 1 saturated heterocycles. The van der Waals surface area contributed by atoms with Crippen molar-refractivity contribution < 1.29 is 17.2 Å². The number of nitrogens with zero attached hydrogens (tertiary/aromatic N) is 3. The number of nitrogens with two attached hydrogens (primary N) is 3. The third-order valence-corrected chi connectivity index (χ3v) is 7.03. The summed E-state index contributed by atoms with van der Waals surface area (Å²) >= 11 is 0. The van der Waals surface area contributed by atoms with E-state index in [0.29, 0.717) is 48.6 Å². The first kappa shape index (κ1) is 23.8. The fraction of sp³-hybridized carbons (Fsp3) is 0.238. The molecule has 1 aromatic heterocycles. The lowest BCUT2D eigenvalue weighted by Crippen LogP contribution is -2.42. The average molecular weight is 463 g/mol. The van der Waals surface area contributed by atoms with Gasteiger partial charge in [0.2, 0.25) is 10.0 Å². The fourth-order valence-electron chi connectivity index (χ4n) is 3.36. The second-order valence-electron chi connectivity index (χ2n) is 7.16. The van der Waals surface area contributed by atoms with Crippen LogP contribution < -0.4 is 17.4 Å². The molecule has 2 aromatic carbocycles. The Bertz CT molecular complexity index is 1170. The van der Waals surface area contributed by atoms with Crippen LogP contribution in [0.25, 0.3) is 22.6 Å². The zero-order valence-electron chi connectivity index (χ0n) is 17.2. The molecule has 1 aliphatic rings. The maximum Gasteiger partial charge on any atom is 0.243 e. The van der Waals surface area contributed by atoms with Gasteiger partial charge in [0.05, 0.1) is 10.6 Å². The molecule has 0 radical (unpaired) electrons. The van der Waals surface area contributed by atoms with Gasteiger partial charge in [0.1, 0.15) is 0 Å². The van der Waals surface area contributed by atoms with Gasteiger partial charge in [0.25, 0.3) is 0 Å². The Balaban J connectivity index is 0.00000141. The topological polar surface area (TPSA) is 141 Å². The van der Waals surface area contributed by atoms with Gasteiger partial charge in [0.15, 0.2) is 17.5 Å². The maximum absolute atomic E-state index is 13.5. The van der Waals surface area contributed by atoms with Crippen molar-refractivity contribution in [2.45, 2.75) is 23.8 Å². The highest BCUT2D eigenvalue weighted by atomic mass is 32.2. The van der Waals surface area contributed by atoms with Crippen molar-refractivity contribution in [3.05, 3.63) is 66.4 Å². The molecule has 0 atom stereocenters. The van der Waals surface area contributed by atoms with E-state index >= 15 is 0 Å². The van der Waals surface area contributed by atoms with Crippen LogP contribution in [0.1, 0.15) is 12.8 Å². The molecule has 3 aromatic rings. The van der Waals surface area contributed by atoms with Crippen molar-refractivity contribution in [3.63, 3.8) is 0 Å². The van der Waals surface area contributed by atoms with Crippen LogP contribution >= 0.6 is 0 Å². The molecular weight excluding hydrogens is 438 g/mol. The number of hydrazine groups is 1. The molecule has 11 heteroatoms. The highest BCUT2D eigenvalue weighted by Crippen LogP contribution is 2.25. The van der Waals surface area contributed by atoms with E-state index in [-0.39, 0.29) is 10.9 Å². The number of sulfonamides is 1. The minimum atomic E-state index is -3.58. The SMILES string of the molecule is NC1CCN(S(=O)(=O)c2ccc(-c3nccc(-c4ccc(F)c(F)c4)n3)cc2)CC1.NN. The molecule has 0 amide bonds. The van der Waals surface area contributed by atoms with Crippen LogP contribution in [0.5, 0.6) is 0 Å². The van der Waals surface area contributed by atoms with E-state index in [0.717, 1.165) is 12.1 Å². The lowest BCUT2D eigenvalue weighted by Gasteiger charge is -2.29. The van der Waals surface area contributed by atoms with Crippen molar-refractivity contribution >= 4 is 10.0 Å². The van der Waals surface area contributed by atoms with E-state index in [9.17, 15) is 17.2 Å². The van der Waals surface area contributed by atoms with Crippen molar-refractivity contribution in [2.75, 3.05) is 13.1 Å². The largest absolute Gasteiger partial charge is 0.328 e. The number of rotatable bonds is 4. The Labute approximate surface area is 185 Å². The predicted octanol–water partition coefficient (Wildman–Crippen LogP) is 2.02. The van der Waals surface area contributed by atoms with E-state index in [2.05, 4.69) is 21.7 Å². The number of benzene rings is 2. The number of hydrogen-bond acceptors (Lipinski definition) is 7. The normalized spacial score (nSPS) is 15.2. The number of aromatic nitrogens is 2. The Kier molecular flexibility index (Phi) is 7.59. The lowest BCUT2D eigenvalue weighted by molar-refractivity contribution is 0.320. The first-order chi connectivity index (χ1) is 15.3. The molecule has 32 heavy (non-hydrogen) atoms. The molecule has 0 unspecified atom stereocenters. The monoisotopic (exact) mass is 462 g/mol. The van der Waals surface area contributed by atoms with Gasteiger partial charge in [-0.15, -0.1) is 0 Å². The van der Waals surface area contributed by atoms with Crippen LogP contribution in [0.4, 0.5) is 8.78 Å². The molecule has 1 fully saturated rings. The molecule has 1 aliphatic heterocycles. The summed E-state index contributed by atoms with van der Waals surface area (Å²) in [7, 11) is -3.58. The van der Waals surface area contributed by atoms with Gasteiger partial charge in [-0.05, 0) is 61.4 Å². The van der Waals surface area contributed by atoms with Crippen LogP contribution in [0.15, 0.2) is 59.6 Å². The molecule has 6 N–H and O–H groups in total. The molecule has 170 valence electrons. The van der Waals surface area contributed by atoms with Gasteiger partial charge >= 0.3 is 0 Å². The van der Waals surface area contributed by atoms with Gasteiger partial charge in [-0.1, -0.05) is 0 Å². The molecule has 0 saturated carbocycles. The highest BCUT2D eigenvalue weighted by molar-refractivity contribution is 7.89. The van der Waals surface area contributed by atoms with E-state index in [1.807, 2.05) is 0 Å². The second kappa shape index (κ2) is 10.2. The molecule has 0 spiro atoms. The molecule has 2 heterocycles. The number of hydrogen-bond donors (Lipinski definition) is 3. The summed E-state index contributed by atoms with van der Waals surface area (Å²) in [5.41, 5.74) is 7.32. The third-order valence-electron chi connectivity index (χ3n) is 5.12. The zero-order chi connectivity index (χ0) is 23.3. The molecule has 0 aliphatic carbocycles. The van der Waals surface area contributed by atoms with Crippen molar-refractivity contribution in [1.29, 1.82) is 0 Å². The summed E-state index contributed by atoms with van der Waals surface area (Å²) in [6.45, 7) is 0.815. The van der Waals surface area contributed by atoms with Crippen molar-refractivity contribution in [2.24, 2.45) is 17.4 Å². The van der Waals surface area contributed by atoms with Gasteiger partial charge in [-0.25, -0.2) is 27.2 Å². The van der Waals surface area contributed by atoms with Crippen LogP contribution in [-0.2, 0) is 10.0 Å². The average Bonchev–Trinajstić information content (AvgIpc) is 2.82. The molecule has 0 bridgehead atoms. The van der Waals surface area contributed by atoms with Crippen molar-refractivity contribution in [1.82, 2.24) is 14.3 Å². The van der Waals surface area contributed by atoms with Crippen LogP contribution in [0.2, 0.25) is 0 Å². The molecular formula is C21H24F2N6O2S. The van der Waals surface area contributed by atoms with Gasteiger partial charge in [-0.2, -0.15) is 4.31 Å². The Morgan fingerprint density at radius 3 is 2.16 bits per heavy atom. The Morgan fingerprint density at radius 1 is 0.906 bits per heavy atom. The third kappa shape index (κ3) is 5.14. The van der Waals surface area contributed by atoms with E-state index < -0.39 is 21.7 Å². The van der Waals surface area contributed by atoms with Crippen LogP contribution in [0.3, 0.4) is 0 Å². The Hall–Kier alpha value is -2.83. The van der Waals surface area contributed by atoms with E-state index in [1.54, 1.807) is 18.2 Å². The fourth-order valence-corrected chi connectivity index (χ4v) is 4.82. The van der Waals surface area contributed by atoms with E-state index in [1.165, 1.54) is 28.7 Å². The van der Waals surface area contributed by atoms with Crippen LogP contribution in [0, 0.1) is 11.6 Å². The first-order valence-corrected chi connectivity index (χ1v) is 11.3. The number of piperidine rings is 1. The quantitative estimate of drug-likeness (QED) is 0.398. The van der Waals surface area contributed by atoms with Crippen molar-refractivity contribution in [3.8, 4) is 22.6 Å². The summed E-state index contributed by atoms with van der Waals surface area (Å²) in [6, 6.07) is 11.5. The predicted molar refractivity (Wildman–Crippen MR) is 117 cm³/mol. The lowest BCUT2D eigenvalue weighted by atomic mass is 10.1. The van der Waals surface area contributed by atoms with Gasteiger partial charge < -0.3 is 5.73 Å². The summed E-state index contributed by atoms with van der Waals surface area (Å²) in [5.74, 6) is 6.46. The summed E-state index contributed by atoms with van der Waals surface area (Å²) < 4.78 is 53.8. The minimum absolute atomic E-state index is 0.0397. The molecule has 4 rings (SSSR count). The standard InChI is InChI=1S/C21H20F2N4O2S.H4N2/c22-18-6-3-15(13-19(18)23)20-7-10-25-21(26-20)14-1-4-17(5-2-14)30(28,29)27-11-8-16(24)9-12-27;1-2/h1-7,10,13,16H,8-9,11-12,24H2;1-2H2. The highest BCUT2D eigenvalue weighted by Gasteiger charge is 2.28. The second-order valence-corrected chi connectivity index (χ2v) is 9.10. The summed E-state index contributed by atoms with van der Waals surface area (Å²) in [4.78, 5) is 8.81. The van der Waals surface area contributed by atoms with Crippen LogP contribution in [-0.4, -0.2) is 41.8 Å². The maximum atomic E-state index is 13.5. The molecule has 8 nitrogen and oxygen atoms in total. The van der Waals surface area contributed by atoms with Gasteiger partial charge in [0, 0.05) is 36.5 Å². The van der Waals surface area contributed by atoms with Gasteiger partial charge in [-0.3, -0.25) is 11.7 Å². The summed E-state index contributed by atoms with van der Waals surface area (Å²) in [6.07, 6.45) is 2.80. The first-order valence-electron chi connectivity index (χ1n) is 9.82. The minimum Gasteiger partial charge on any atom is -0.328 e. The Morgan fingerprint density at radius 2 is 1.53 bits per heavy atom. The van der Waals surface area contributed by atoms with E-state index in [4.69, 9.17) is 5.73 Å². The number of halogens is 2. The zero-order valence-corrected chi connectivity index (χ0v) is 18.0. The smallest absolute Gasteiger partial charge is 0.243 e. The summed E-state index contributed by atoms with van der Waals surface area (Å²) in [5, 5.41) is 0.